The van der Waals surface area contributed by atoms with Gasteiger partial charge < -0.3 is 25.0 Å². The van der Waals surface area contributed by atoms with Crippen LogP contribution < -0.4 is 5.32 Å². The van der Waals surface area contributed by atoms with Crippen molar-refractivity contribution in [2.24, 2.45) is 5.41 Å². The van der Waals surface area contributed by atoms with E-state index >= 15 is 0 Å². The number of benzene rings is 2. The highest BCUT2D eigenvalue weighted by atomic mass is 16.6. The maximum atomic E-state index is 12.6. The molecule has 1 saturated heterocycles. The van der Waals surface area contributed by atoms with E-state index in [0.29, 0.717) is 17.9 Å². The number of aliphatic hydroxyl groups excluding tert-OH is 1. The summed E-state index contributed by atoms with van der Waals surface area (Å²) in [6, 6.07) is 16.3. The number of likely N-dealkylation sites (tertiary alicyclic amines) is 1. The summed E-state index contributed by atoms with van der Waals surface area (Å²) in [6.45, 7) is 6.15. The van der Waals surface area contributed by atoms with E-state index in [9.17, 15) is 9.90 Å². The van der Waals surface area contributed by atoms with Crippen LogP contribution in [0.25, 0.3) is 22.4 Å². The summed E-state index contributed by atoms with van der Waals surface area (Å²) < 4.78 is 5.53. The van der Waals surface area contributed by atoms with Gasteiger partial charge in [-0.3, -0.25) is 0 Å². The zero-order valence-corrected chi connectivity index (χ0v) is 23.2. The summed E-state index contributed by atoms with van der Waals surface area (Å²) >= 11 is 0. The number of carbonyl (C=O) groups excluding carboxylic acids is 1. The van der Waals surface area contributed by atoms with Crippen LogP contribution in [0.2, 0.25) is 0 Å². The third-order valence-electron chi connectivity index (χ3n) is 8.74. The number of aromatic nitrogens is 2. The van der Waals surface area contributed by atoms with Crippen LogP contribution >= 0.6 is 0 Å². The zero-order chi connectivity index (χ0) is 27.2. The van der Waals surface area contributed by atoms with Gasteiger partial charge in [0.1, 0.15) is 17.7 Å². The molecule has 1 spiro atoms. The minimum Gasteiger partial charge on any atom is -0.444 e. The minimum absolute atomic E-state index is 0.321. The lowest BCUT2D eigenvalue weighted by molar-refractivity contribution is 0.00923. The van der Waals surface area contributed by atoms with E-state index in [2.05, 4.69) is 34.6 Å². The van der Waals surface area contributed by atoms with E-state index < -0.39 is 11.8 Å². The standard InChI is InChI=1S/C32H40N4O3/c1-31(2,3)39-30(38)36-19-5-7-27(36)29(37)34-24-14-12-22(13-15-24)21-8-10-23(11-9-21)26-20-33-28(35-26)25-6-4-16-32(25)17-18-32/h8-15,20,25,27,29,34,37H,4-7,16-19H2,1-3H3,(H,33,35). The lowest BCUT2D eigenvalue weighted by Gasteiger charge is -2.31. The van der Waals surface area contributed by atoms with Crippen molar-refractivity contribution in [1.82, 2.24) is 14.9 Å². The molecule has 7 heteroatoms. The van der Waals surface area contributed by atoms with Gasteiger partial charge >= 0.3 is 6.09 Å². The van der Waals surface area contributed by atoms with Gasteiger partial charge in [0.2, 0.25) is 0 Å². The van der Waals surface area contributed by atoms with Crippen molar-refractivity contribution in [1.29, 1.82) is 0 Å². The highest BCUT2D eigenvalue weighted by molar-refractivity contribution is 5.71. The third kappa shape index (κ3) is 5.42. The van der Waals surface area contributed by atoms with Crippen LogP contribution in [-0.2, 0) is 4.74 Å². The van der Waals surface area contributed by atoms with Crippen molar-refractivity contribution < 1.29 is 14.6 Å². The predicted molar refractivity (Wildman–Crippen MR) is 153 cm³/mol. The molecule has 0 radical (unpaired) electrons. The molecule has 1 amide bonds. The average Bonchev–Trinajstić information content (AvgIpc) is 3.27. The molecule has 3 aromatic rings. The summed E-state index contributed by atoms with van der Waals surface area (Å²) in [5.41, 5.74) is 5.25. The lowest BCUT2D eigenvalue weighted by atomic mass is 9.92. The van der Waals surface area contributed by atoms with E-state index in [0.717, 1.165) is 40.9 Å². The number of aromatic amines is 1. The number of amides is 1. The second-order valence-corrected chi connectivity index (χ2v) is 12.6. The Balaban J connectivity index is 1.08. The number of rotatable bonds is 6. The first-order valence-corrected chi connectivity index (χ1v) is 14.4. The molecule has 2 aromatic carbocycles. The number of ether oxygens (including phenoxy) is 1. The molecule has 3 aliphatic rings. The molecule has 3 unspecified atom stereocenters. The summed E-state index contributed by atoms with van der Waals surface area (Å²) in [4.78, 5) is 22.6. The molecule has 7 nitrogen and oxygen atoms in total. The summed E-state index contributed by atoms with van der Waals surface area (Å²) in [5, 5.41) is 14.1. The fraction of sp³-hybridized carbons (Fsp3) is 0.500. The Hall–Kier alpha value is -3.32. The van der Waals surface area contributed by atoms with Crippen molar-refractivity contribution in [3.8, 4) is 22.4 Å². The number of hydrogen-bond acceptors (Lipinski definition) is 5. The Morgan fingerprint density at radius 1 is 1.03 bits per heavy atom. The van der Waals surface area contributed by atoms with Crippen LogP contribution in [0.1, 0.15) is 77.5 Å². The molecule has 2 saturated carbocycles. The van der Waals surface area contributed by atoms with Crippen LogP contribution in [0.3, 0.4) is 0 Å². The first-order chi connectivity index (χ1) is 18.7. The number of nitrogens with zero attached hydrogens (tertiary/aromatic N) is 2. The molecule has 3 N–H and O–H groups in total. The molecule has 6 rings (SSSR count). The number of anilines is 1. The molecule has 2 heterocycles. The molecule has 2 aliphatic carbocycles. The number of H-pyrrole nitrogens is 1. The SMILES string of the molecule is CC(C)(C)OC(=O)N1CCCC1C(O)Nc1ccc(-c2ccc(-c3cnc(C4CCCC45CC5)[nH]3)cc2)cc1. The monoisotopic (exact) mass is 528 g/mol. The van der Waals surface area contributed by atoms with Crippen molar-refractivity contribution in [2.45, 2.75) is 89.5 Å². The average molecular weight is 529 g/mol. The molecule has 0 bridgehead atoms. The Bertz CT molecular complexity index is 1300. The molecule has 1 aromatic heterocycles. The summed E-state index contributed by atoms with van der Waals surface area (Å²) in [6.07, 6.45) is 8.99. The number of nitrogens with one attached hydrogen (secondary N) is 2. The van der Waals surface area contributed by atoms with Crippen LogP contribution in [-0.4, -0.2) is 50.5 Å². The van der Waals surface area contributed by atoms with Crippen LogP contribution in [0.15, 0.2) is 54.7 Å². The van der Waals surface area contributed by atoms with Gasteiger partial charge in [-0.25, -0.2) is 9.78 Å². The molecule has 3 atom stereocenters. The van der Waals surface area contributed by atoms with Crippen molar-refractivity contribution >= 4 is 11.8 Å². The van der Waals surface area contributed by atoms with E-state index in [1.165, 1.54) is 37.9 Å². The van der Waals surface area contributed by atoms with Gasteiger partial charge in [0.15, 0.2) is 0 Å². The minimum atomic E-state index is -0.872. The lowest BCUT2D eigenvalue weighted by Crippen LogP contribution is -2.47. The fourth-order valence-electron chi connectivity index (χ4n) is 6.52. The van der Waals surface area contributed by atoms with E-state index in [4.69, 9.17) is 9.72 Å². The largest absolute Gasteiger partial charge is 0.444 e. The number of hydrogen-bond donors (Lipinski definition) is 3. The maximum absolute atomic E-state index is 12.6. The molecule has 1 aliphatic heterocycles. The predicted octanol–water partition coefficient (Wildman–Crippen LogP) is 6.92. The third-order valence-corrected chi connectivity index (χ3v) is 8.74. The topological polar surface area (TPSA) is 90.5 Å². The Kier molecular flexibility index (Phi) is 6.66. The van der Waals surface area contributed by atoms with Crippen LogP contribution in [0.5, 0.6) is 0 Å². The van der Waals surface area contributed by atoms with E-state index in [1.807, 2.05) is 51.2 Å². The van der Waals surface area contributed by atoms with Gasteiger partial charge in [-0.2, -0.15) is 0 Å². The van der Waals surface area contributed by atoms with Crippen molar-refractivity contribution in [3.05, 3.63) is 60.6 Å². The highest BCUT2D eigenvalue weighted by Crippen LogP contribution is 2.64. The molecular weight excluding hydrogens is 488 g/mol. The van der Waals surface area contributed by atoms with Gasteiger partial charge in [0.05, 0.1) is 17.9 Å². The van der Waals surface area contributed by atoms with Gasteiger partial charge in [0.25, 0.3) is 0 Å². The van der Waals surface area contributed by atoms with Gasteiger partial charge in [0, 0.05) is 18.2 Å². The first-order valence-electron chi connectivity index (χ1n) is 14.4. The Morgan fingerprint density at radius 3 is 2.36 bits per heavy atom. The molecule has 206 valence electrons. The van der Waals surface area contributed by atoms with Crippen molar-refractivity contribution in [3.63, 3.8) is 0 Å². The number of imidazole rings is 1. The number of aliphatic hydroxyl groups is 1. The van der Waals surface area contributed by atoms with Gasteiger partial charge in [-0.15, -0.1) is 0 Å². The van der Waals surface area contributed by atoms with Crippen LogP contribution in [0, 0.1) is 5.41 Å². The van der Waals surface area contributed by atoms with Crippen molar-refractivity contribution in [2.75, 3.05) is 11.9 Å². The second-order valence-electron chi connectivity index (χ2n) is 12.6. The normalized spacial score (nSPS) is 22.7. The number of carbonyl (C=O) groups is 1. The molecule has 3 fully saturated rings. The summed E-state index contributed by atoms with van der Waals surface area (Å²) in [5.74, 6) is 1.77. The molecule has 39 heavy (non-hydrogen) atoms. The maximum Gasteiger partial charge on any atom is 0.410 e. The second kappa shape index (κ2) is 10.0. The smallest absolute Gasteiger partial charge is 0.410 e. The van der Waals surface area contributed by atoms with Crippen LogP contribution in [0.4, 0.5) is 10.5 Å². The first kappa shape index (κ1) is 25.9. The quantitative estimate of drug-likeness (QED) is 0.302. The zero-order valence-electron chi connectivity index (χ0n) is 23.2. The summed E-state index contributed by atoms with van der Waals surface area (Å²) in [7, 11) is 0. The van der Waals surface area contributed by atoms with Gasteiger partial charge in [-0.05, 0) is 93.5 Å². The highest BCUT2D eigenvalue weighted by Gasteiger charge is 2.53. The Morgan fingerprint density at radius 2 is 1.69 bits per heavy atom. The van der Waals surface area contributed by atoms with E-state index in [1.54, 1.807) is 4.90 Å². The molecular formula is C32H40N4O3. The Labute approximate surface area is 231 Å². The van der Waals surface area contributed by atoms with E-state index in [-0.39, 0.29) is 12.1 Å². The fourth-order valence-corrected chi connectivity index (χ4v) is 6.52. The van der Waals surface area contributed by atoms with Gasteiger partial charge in [-0.1, -0.05) is 42.8 Å².